The monoisotopic (exact) mass is 344 g/mol. The minimum Gasteiger partial charge on any atom is -0.478 e. The van der Waals surface area contributed by atoms with Gasteiger partial charge < -0.3 is 14.9 Å². The second kappa shape index (κ2) is 6.10. The van der Waals surface area contributed by atoms with Crippen LogP contribution >= 0.6 is 15.9 Å². The van der Waals surface area contributed by atoms with E-state index in [1.165, 1.54) is 6.07 Å². The fraction of sp³-hybridized carbons (Fsp3) is 0.500. The Balaban J connectivity index is 2.33. The average Bonchev–Trinajstić information content (AvgIpc) is 2.79. The fourth-order valence-electron chi connectivity index (χ4n) is 2.69. The van der Waals surface area contributed by atoms with Crippen LogP contribution in [-0.4, -0.2) is 49.2 Å². The number of benzene rings is 1. The third-order valence-electron chi connectivity index (χ3n) is 3.55. The summed E-state index contributed by atoms with van der Waals surface area (Å²) in [6.07, 6.45) is 2.05. The zero-order chi connectivity index (χ0) is 14.9. The molecule has 0 aliphatic carbocycles. The molecule has 1 aromatic carbocycles. The predicted molar refractivity (Wildman–Crippen MR) is 80.0 cm³/mol. The number of anilines is 1. The summed E-state index contributed by atoms with van der Waals surface area (Å²) in [5.41, 5.74) is 0.431. The summed E-state index contributed by atoms with van der Waals surface area (Å²) in [6, 6.07) is 3.29. The number of aromatic carboxylic acids is 1. The Morgan fingerprint density at radius 1 is 1.55 bits per heavy atom. The topological polar surface area (TPSA) is 43.8 Å². The molecule has 20 heavy (non-hydrogen) atoms. The highest BCUT2D eigenvalue weighted by Gasteiger charge is 2.28. The first-order valence-corrected chi connectivity index (χ1v) is 7.33. The fourth-order valence-corrected chi connectivity index (χ4v) is 3.20. The van der Waals surface area contributed by atoms with E-state index in [4.69, 9.17) is 5.11 Å². The zero-order valence-corrected chi connectivity index (χ0v) is 13.2. The van der Waals surface area contributed by atoms with E-state index in [0.717, 1.165) is 25.9 Å². The second-order valence-electron chi connectivity index (χ2n) is 5.32. The van der Waals surface area contributed by atoms with Crippen LogP contribution < -0.4 is 4.90 Å². The summed E-state index contributed by atoms with van der Waals surface area (Å²) >= 11 is 3.06. The molecule has 1 unspecified atom stereocenters. The van der Waals surface area contributed by atoms with Crippen molar-refractivity contribution in [1.82, 2.24) is 4.90 Å². The van der Waals surface area contributed by atoms with E-state index in [-0.39, 0.29) is 16.1 Å². The van der Waals surface area contributed by atoms with Gasteiger partial charge in [0.15, 0.2) is 5.82 Å². The Bertz CT molecular complexity index is 522. The predicted octanol–water partition coefficient (Wildman–Crippen LogP) is 2.82. The first kappa shape index (κ1) is 15.3. The van der Waals surface area contributed by atoms with Crippen LogP contribution in [0.25, 0.3) is 0 Å². The van der Waals surface area contributed by atoms with Gasteiger partial charge in [-0.2, -0.15) is 0 Å². The molecule has 0 bridgehead atoms. The standard InChI is InChI=1S/C14H18BrFN2O2/c1-17(2)8-9-4-3-7-18(9)11-6-5-10(14(19)20)12(15)13(11)16/h5-6,9H,3-4,7-8H2,1-2H3,(H,19,20). The third kappa shape index (κ3) is 2.96. The van der Waals surface area contributed by atoms with Crippen LogP contribution in [0.1, 0.15) is 23.2 Å². The SMILES string of the molecule is CN(C)CC1CCCN1c1ccc(C(=O)O)c(Br)c1F. The van der Waals surface area contributed by atoms with Gasteiger partial charge in [0.25, 0.3) is 0 Å². The minimum absolute atomic E-state index is 0.0259. The van der Waals surface area contributed by atoms with Crippen molar-refractivity contribution in [3.8, 4) is 0 Å². The maximum atomic E-state index is 14.4. The molecule has 1 aliphatic heterocycles. The number of hydrogen-bond acceptors (Lipinski definition) is 3. The van der Waals surface area contributed by atoms with E-state index in [9.17, 15) is 9.18 Å². The van der Waals surface area contributed by atoms with Gasteiger partial charge in [0.05, 0.1) is 15.7 Å². The highest BCUT2D eigenvalue weighted by molar-refractivity contribution is 9.10. The van der Waals surface area contributed by atoms with Gasteiger partial charge in [0.1, 0.15) is 0 Å². The molecule has 1 heterocycles. The summed E-state index contributed by atoms with van der Waals surface area (Å²) in [5.74, 6) is -1.62. The molecular weight excluding hydrogens is 327 g/mol. The van der Waals surface area contributed by atoms with Crippen molar-refractivity contribution in [3.05, 3.63) is 28.0 Å². The van der Waals surface area contributed by atoms with Crippen LogP contribution in [0, 0.1) is 5.82 Å². The Morgan fingerprint density at radius 2 is 2.25 bits per heavy atom. The number of halogens is 2. The lowest BCUT2D eigenvalue weighted by Gasteiger charge is -2.29. The number of nitrogens with zero attached hydrogens (tertiary/aromatic N) is 2. The molecule has 0 spiro atoms. The van der Waals surface area contributed by atoms with Gasteiger partial charge in [0.2, 0.25) is 0 Å². The van der Waals surface area contributed by atoms with Crippen molar-refractivity contribution < 1.29 is 14.3 Å². The number of rotatable bonds is 4. The van der Waals surface area contributed by atoms with Gasteiger partial charge in [-0.25, -0.2) is 9.18 Å². The zero-order valence-electron chi connectivity index (χ0n) is 11.6. The van der Waals surface area contributed by atoms with E-state index in [1.54, 1.807) is 6.07 Å². The second-order valence-corrected chi connectivity index (χ2v) is 6.11. The van der Waals surface area contributed by atoms with Crippen LogP contribution in [0.3, 0.4) is 0 Å². The Hall–Kier alpha value is -1.14. The molecule has 1 atom stereocenters. The summed E-state index contributed by atoms with van der Waals surface area (Å²) in [5, 5.41) is 9.00. The first-order valence-electron chi connectivity index (χ1n) is 6.54. The van der Waals surface area contributed by atoms with Crippen LogP contribution in [0.2, 0.25) is 0 Å². The van der Waals surface area contributed by atoms with Crippen molar-refractivity contribution in [1.29, 1.82) is 0 Å². The van der Waals surface area contributed by atoms with Crippen LogP contribution in [0.15, 0.2) is 16.6 Å². The molecule has 0 saturated carbocycles. The maximum Gasteiger partial charge on any atom is 0.336 e. The highest BCUT2D eigenvalue weighted by atomic mass is 79.9. The molecule has 1 aliphatic rings. The molecule has 6 heteroatoms. The third-order valence-corrected chi connectivity index (χ3v) is 4.33. The summed E-state index contributed by atoms with van der Waals surface area (Å²) < 4.78 is 14.4. The molecule has 1 fully saturated rings. The highest BCUT2D eigenvalue weighted by Crippen LogP contribution is 2.33. The summed E-state index contributed by atoms with van der Waals surface area (Å²) in [6.45, 7) is 1.66. The maximum absolute atomic E-state index is 14.4. The van der Waals surface area contributed by atoms with E-state index < -0.39 is 11.8 Å². The van der Waals surface area contributed by atoms with Gasteiger partial charge in [-0.3, -0.25) is 0 Å². The Kier molecular flexibility index (Phi) is 4.65. The normalized spacial score (nSPS) is 18.9. The molecule has 4 nitrogen and oxygen atoms in total. The Morgan fingerprint density at radius 3 is 2.85 bits per heavy atom. The van der Waals surface area contributed by atoms with E-state index >= 15 is 0 Å². The number of carboxylic acid groups (broad SMARTS) is 1. The van der Waals surface area contributed by atoms with Gasteiger partial charge in [-0.1, -0.05) is 0 Å². The van der Waals surface area contributed by atoms with Crippen LogP contribution in [-0.2, 0) is 0 Å². The van der Waals surface area contributed by atoms with Gasteiger partial charge >= 0.3 is 5.97 Å². The van der Waals surface area contributed by atoms with Gasteiger partial charge in [-0.15, -0.1) is 0 Å². The van der Waals surface area contributed by atoms with Crippen molar-refractivity contribution >= 4 is 27.6 Å². The number of hydrogen-bond donors (Lipinski definition) is 1. The van der Waals surface area contributed by atoms with E-state index in [0.29, 0.717) is 5.69 Å². The number of carboxylic acids is 1. The van der Waals surface area contributed by atoms with Crippen LogP contribution in [0.4, 0.5) is 10.1 Å². The van der Waals surface area contributed by atoms with E-state index in [1.807, 2.05) is 19.0 Å². The average molecular weight is 345 g/mol. The van der Waals surface area contributed by atoms with Gasteiger partial charge in [-0.05, 0) is 55.0 Å². The Labute approximate surface area is 126 Å². The molecule has 2 rings (SSSR count). The molecule has 110 valence electrons. The molecule has 1 saturated heterocycles. The quantitative estimate of drug-likeness (QED) is 0.912. The summed E-state index contributed by atoms with van der Waals surface area (Å²) in [4.78, 5) is 15.1. The van der Waals surface area contributed by atoms with Gasteiger partial charge in [0, 0.05) is 19.1 Å². The molecule has 1 N–H and O–H groups in total. The van der Waals surface area contributed by atoms with Crippen molar-refractivity contribution in [2.45, 2.75) is 18.9 Å². The van der Waals surface area contributed by atoms with Crippen molar-refractivity contribution in [2.75, 3.05) is 32.1 Å². The molecular formula is C14H18BrFN2O2. The van der Waals surface area contributed by atoms with E-state index in [2.05, 4.69) is 20.8 Å². The summed E-state index contributed by atoms with van der Waals surface area (Å²) in [7, 11) is 3.99. The molecule has 0 radical (unpaired) electrons. The molecule has 0 aromatic heterocycles. The largest absolute Gasteiger partial charge is 0.478 e. The smallest absolute Gasteiger partial charge is 0.336 e. The number of carbonyl (C=O) groups is 1. The molecule has 0 amide bonds. The van der Waals surface area contributed by atoms with Crippen molar-refractivity contribution in [3.63, 3.8) is 0 Å². The number of likely N-dealkylation sites (N-methyl/N-ethyl adjacent to an activating group) is 1. The lowest BCUT2D eigenvalue weighted by molar-refractivity contribution is 0.0695. The van der Waals surface area contributed by atoms with Crippen molar-refractivity contribution in [2.24, 2.45) is 0 Å². The lowest BCUT2D eigenvalue weighted by Crippen LogP contribution is -2.38. The lowest BCUT2D eigenvalue weighted by atomic mass is 10.1. The first-order chi connectivity index (χ1) is 9.41. The molecule has 1 aromatic rings. The minimum atomic E-state index is -1.13. The van der Waals surface area contributed by atoms with Crippen LogP contribution in [0.5, 0.6) is 0 Å².